The van der Waals surface area contributed by atoms with E-state index in [1.807, 2.05) is 35.7 Å². The lowest BCUT2D eigenvalue weighted by atomic mass is 10.0. The Kier molecular flexibility index (Phi) is 2.48. The molecule has 1 aliphatic carbocycles. The molecule has 1 heterocycles. The van der Waals surface area contributed by atoms with Crippen LogP contribution in [0.1, 0.15) is 26.7 Å². The second-order valence-electron chi connectivity index (χ2n) is 4.16. The van der Waals surface area contributed by atoms with Crippen molar-refractivity contribution in [3.05, 3.63) is 51.7 Å². The van der Waals surface area contributed by atoms with Gasteiger partial charge in [0.1, 0.15) is 5.75 Å². The smallest absolute Gasteiger partial charge is 0.171 e. The van der Waals surface area contributed by atoms with Crippen molar-refractivity contribution in [3.8, 4) is 5.75 Å². The topological polar surface area (TPSA) is 26.3 Å². The summed E-state index contributed by atoms with van der Waals surface area (Å²) in [7, 11) is 1.62. The van der Waals surface area contributed by atoms with Gasteiger partial charge in [0, 0.05) is 10.4 Å². The highest BCUT2D eigenvalue weighted by molar-refractivity contribution is 7.10. The van der Waals surface area contributed by atoms with Crippen LogP contribution in [0, 0.1) is 0 Å². The zero-order valence-electron chi connectivity index (χ0n) is 9.47. The van der Waals surface area contributed by atoms with Gasteiger partial charge in [-0.05, 0) is 35.6 Å². The van der Waals surface area contributed by atoms with Crippen molar-refractivity contribution in [3.63, 3.8) is 0 Å². The van der Waals surface area contributed by atoms with E-state index in [1.54, 1.807) is 18.4 Å². The van der Waals surface area contributed by atoms with Crippen molar-refractivity contribution in [2.45, 2.75) is 12.3 Å². The van der Waals surface area contributed by atoms with Gasteiger partial charge in [-0.3, -0.25) is 4.79 Å². The predicted molar refractivity (Wildman–Crippen MR) is 68.1 cm³/mol. The number of Topliss-reactive ketones (excluding diaryl/α,β-unsaturated/α-hetero) is 1. The highest BCUT2D eigenvalue weighted by Gasteiger charge is 2.32. The normalized spacial score (nSPS) is 18.2. The monoisotopic (exact) mass is 244 g/mol. The zero-order chi connectivity index (χ0) is 11.8. The molecule has 0 fully saturated rings. The number of thiophene rings is 1. The van der Waals surface area contributed by atoms with Gasteiger partial charge in [-0.1, -0.05) is 12.1 Å². The first kappa shape index (κ1) is 10.5. The van der Waals surface area contributed by atoms with Gasteiger partial charge in [0.2, 0.25) is 0 Å². The summed E-state index contributed by atoms with van der Waals surface area (Å²) in [4.78, 5) is 13.5. The molecule has 0 aliphatic heterocycles. The number of carbonyl (C=O) groups excluding carboxylic acids is 1. The lowest BCUT2D eigenvalue weighted by Gasteiger charge is -2.03. The van der Waals surface area contributed by atoms with E-state index in [1.165, 1.54) is 0 Å². The SMILES string of the molecule is COc1ccc2c(c1)C(=O)C(c1cccs1)C2. The van der Waals surface area contributed by atoms with Crippen molar-refractivity contribution >= 4 is 17.1 Å². The second-order valence-corrected chi connectivity index (χ2v) is 5.14. The van der Waals surface area contributed by atoms with E-state index in [0.717, 1.165) is 28.2 Å². The van der Waals surface area contributed by atoms with Crippen LogP contribution in [0.25, 0.3) is 0 Å². The highest BCUT2D eigenvalue weighted by Crippen LogP contribution is 2.37. The maximum atomic E-state index is 12.3. The fraction of sp³-hybridized carbons (Fsp3) is 0.214. The molecule has 0 saturated heterocycles. The summed E-state index contributed by atoms with van der Waals surface area (Å²) in [6.45, 7) is 0. The first-order chi connectivity index (χ1) is 8.29. The maximum absolute atomic E-state index is 12.3. The summed E-state index contributed by atoms with van der Waals surface area (Å²) in [5.41, 5.74) is 1.96. The molecule has 0 amide bonds. The van der Waals surface area contributed by atoms with Gasteiger partial charge in [0.25, 0.3) is 0 Å². The number of rotatable bonds is 2. The summed E-state index contributed by atoms with van der Waals surface area (Å²) < 4.78 is 5.16. The number of fused-ring (bicyclic) bond motifs is 1. The molecule has 1 atom stereocenters. The molecule has 3 rings (SSSR count). The molecular weight excluding hydrogens is 232 g/mol. The van der Waals surface area contributed by atoms with Crippen LogP contribution in [0.5, 0.6) is 5.75 Å². The van der Waals surface area contributed by atoms with Gasteiger partial charge >= 0.3 is 0 Å². The minimum absolute atomic E-state index is 0.0112. The molecular formula is C14H12O2S. The van der Waals surface area contributed by atoms with Gasteiger partial charge in [-0.15, -0.1) is 11.3 Å². The van der Waals surface area contributed by atoms with E-state index in [4.69, 9.17) is 4.74 Å². The average Bonchev–Trinajstić information content (AvgIpc) is 2.97. The lowest BCUT2D eigenvalue weighted by Crippen LogP contribution is -2.04. The van der Waals surface area contributed by atoms with Crippen molar-refractivity contribution in [1.82, 2.24) is 0 Å². The Morgan fingerprint density at radius 2 is 2.24 bits per heavy atom. The van der Waals surface area contributed by atoms with Crippen LogP contribution in [-0.4, -0.2) is 12.9 Å². The number of ether oxygens (including phenoxy) is 1. The Morgan fingerprint density at radius 3 is 2.94 bits per heavy atom. The molecule has 1 aromatic carbocycles. The molecule has 0 radical (unpaired) electrons. The van der Waals surface area contributed by atoms with Gasteiger partial charge in [0.05, 0.1) is 13.0 Å². The van der Waals surface area contributed by atoms with Crippen LogP contribution in [0.3, 0.4) is 0 Å². The highest BCUT2D eigenvalue weighted by atomic mass is 32.1. The van der Waals surface area contributed by atoms with Crippen LogP contribution >= 0.6 is 11.3 Å². The fourth-order valence-electron chi connectivity index (χ4n) is 2.31. The number of benzene rings is 1. The molecule has 0 N–H and O–H groups in total. The van der Waals surface area contributed by atoms with Gasteiger partial charge in [-0.2, -0.15) is 0 Å². The van der Waals surface area contributed by atoms with Crippen molar-refractivity contribution < 1.29 is 9.53 Å². The number of ketones is 1. The Morgan fingerprint density at radius 1 is 1.35 bits per heavy atom. The Bertz CT molecular complexity index is 558. The third-order valence-electron chi connectivity index (χ3n) is 3.21. The molecule has 3 heteroatoms. The average molecular weight is 244 g/mol. The molecule has 0 saturated carbocycles. The third kappa shape index (κ3) is 1.67. The van der Waals surface area contributed by atoms with Crippen molar-refractivity contribution in [2.24, 2.45) is 0 Å². The quantitative estimate of drug-likeness (QED) is 0.810. The fourth-order valence-corrected chi connectivity index (χ4v) is 3.14. The Hall–Kier alpha value is -1.61. The molecule has 0 spiro atoms. The van der Waals surface area contributed by atoms with Gasteiger partial charge < -0.3 is 4.74 Å². The maximum Gasteiger partial charge on any atom is 0.171 e. The van der Waals surface area contributed by atoms with Crippen molar-refractivity contribution in [1.29, 1.82) is 0 Å². The van der Waals surface area contributed by atoms with Crippen LogP contribution < -0.4 is 4.74 Å². The van der Waals surface area contributed by atoms with E-state index in [9.17, 15) is 4.79 Å². The molecule has 17 heavy (non-hydrogen) atoms. The first-order valence-corrected chi connectivity index (χ1v) is 6.42. The predicted octanol–water partition coefficient (Wildman–Crippen LogP) is 3.28. The number of carbonyl (C=O) groups is 1. The van der Waals surface area contributed by atoms with Gasteiger partial charge in [-0.25, -0.2) is 0 Å². The third-order valence-corrected chi connectivity index (χ3v) is 4.20. The molecule has 2 nitrogen and oxygen atoms in total. The van der Waals surface area contributed by atoms with Crippen LogP contribution in [0.2, 0.25) is 0 Å². The van der Waals surface area contributed by atoms with E-state index < -0.39 is 0 Å². The largest absolute Gasteiger partial charge is 0.497 e. The molecule has 2 aromatic rings. The number of hydrogen-bond donors (Lipinski definition) is 0. The van der Waals surface area contributed by atoms with E-state index in [0.29, 0.717) is 0 Å². The number of methoxy groups -OCH3 is 1. The minimum atomic E-state index is 0.0112. The van der Waals surface area contributed by atoms with Gasteiger partial charge in [0.15, 0.2) is 5.78 Å². The standard InChI is InChI=1S/C14H12O2S/c1-16-10-5-4-9-7-12(13-3-2-6-17-13)14(15)11(9)8-10/h2-6,8,12H,7H2,1H3. The summed E-state index contributed by atoms with van der Waals surface area (Å²) in [6, 6.07) is 9.81. The second kappa shape index (κ2) is 4.00. The summed E-state index contributed by atoms with van der Waals surface area (Å²) in [5.74, 6) is 0.988. The molecule has 0 bridgehead atoms. The van der Waals surface area contributed by atoms with E-state index in [2.05, 4.69) is 0 Å². The molecule has 1 unspecified atom stereocenters. The molecule has 1 aliphatic rings. The summed E-state index contributed by atoms with van der Waals surface area (Å²) >= 11 is 1.65. The van der Waals surface area contributed by atoms with E-state index >= 15 is 0 Å². The Labute approximate surface area is 104 Å². The summed E-state index contributed by atoms with van der Waals surface area (Å²) in [6.07, 6.45) is 0.818. The molecule has 1 aromatic heterocycles. The van der Waals surface area contributed by atoms with Crippen molar-refractivity contribution in [2.75, 3.05) is 7.11 Å². The lowest BCUT2D eigenvalue weighted by molar-refractivity contribution is 0.0974. The molecule has 86 valence electrons. The van der Waals surface area contributed by atoms with Crippen LogP contribution in [-0.2, 0) is 6.42 Å². The van der Waals surface area contributed by atoms with Crippen LogP contribution in [0.15, 0.2) is 35.7 Å². The zero-order valence-corrected chi connectivity index (χ0v) is 10.3. The van der Waals surface area contributed by atoms with Crippen LogP contribution in [0.4, 0.5) is 0 Å². The Balaban J connectivity index is 2.00. The minimum Gasteiger partial charge on any atom is -0.497 e. The summed E-state index contributed by atoms with van der Waals surface area (Å²) in [5, 5.41) is 2.02. The number of hydrogen-bond acceptors (Lipinski definition) is 3. The first-order valence-electron chi connectivity index (χ1n) is 5.54. The van der Waals surface area contributed by atoms with E-state index in [-0.39, 0.29) is 11.7 Å².